The predicted octanol–water partition coefficient (Wildman–Crippen LogP) is 5.07. The minimum Gasteiger partial charge on any atom is -0.449 e. The van der Waals surface area contributed by atoms with Crippen molar-refractivity contribution in [2.45, 2.75) is 39.7 Å². The Kier molecular flexibility index (Phi) is 6.72. The van der Waals surface area contributed by atoms with Gasteiger partial charge in [-0.2, -0.15) is 4.39 Å². The number of halogens is 1. The number of rotatable bonds is 6. The van der Waals surface area contributed by atoms with Crippen molar-refractivity contribution in [3.8, 4) is 11.1 Å². The Hall–Kier alpha value is -2.69. The molecule has 0 bridgehead atoms. The molecule has 2 aromatic carbocycles. The van der Waals surface area contributed by atoms with E-state index < -0.39 is 18.2 Å². The summed E-state index contributed by atoms with van der Waals surface area (Å²) in [7, 11) is 0. The molecule has 144 valence electrons. The van der Waals surface area contributed by atoms with Gasteiger partial charge in [0.15, 0.2) is 0 Å². The van der Waals surface area contributed by atoms with Crippen molar-refractivity contribution in [3.63, 3.8) is 0 Å². The lowest BCUT2D eigenvalue weighted by atomic mass is 9.98. The summed E-state index contributed by atoms with van der Waals surface area (Å²) in [6, 6.07) is 13.3. The lowest BCUT2D eigenvalue weighted by molar-refractivity contribution is -0.131. The number of nitrogens with one attached hydrogen (secondary N) is 1. The number of carbonyl (C=O) groups is 2. The van der Waals surface area contributed by atoms with E-state index in [0.717, 1.165) is 22.3 Å². The zero-order valence-electron chi connectivity index (χ0n) is 14.9. The van der Waals surface area contributed by atoms with Crippen molar-refractivity contribution < 1.29 is 18.7 Å². The maximum atomic E-state index is 13.1. The van der Waals surface area contributed by atoms with Crippen LogP contribution in [0.1, 0.15) is 44.7 Å². The van der Waals surface area contributed by atoms with Crippen LogP contribution in [0.5, 0.6) is 0 Å². The molecule has 0 unspecified atom stereocenters. The van der Waals surface area contributed by atoms with Crippen LogP contribution < -0.4 is 5.32 Å². The highest BCUT2D eigenvalue weighted by molar-refractivity contribution is 5.81. The molecule has 0 fully saturated rings. The van der Waals surface area contributed by atoms with Crippen LogP contribution in [0.15, 0.2) is 48.5 Å². The number of benzene rings is 2. The van der Waals surface area contributed by atoms with E-state index in [1.54, 1.807) is 0 Å². The van der Waals surface area contributed by atoms with Gasteiger partial charge in [-0.15, -0.1) is 0 Å². The molecule has 2 aromatic rings. The second-order valence-electron chi connectivity index (χ2n) is 6.96. The number of alkyl carbamates (subject to hydrolysis) is 1. The van der Waals surface area contributed by atoms with E-state index in [9.17, 15) is 14.0 Å². The van der Waals surface area contributed by atoms with Gasteiger partial charge in [-0.3, -0.25) is 4.79 Å². The third-order valence-electron chi connectivity index (χ3n) is 4.62. The summed E-state index contributed by atoms with van der Waals surface area (Å²) in [5, 5.41) is 2.33. The number of hydrogen-bond acceptors (Lipinski definition) is 3. The van der Waals surface area contributed by atoms with Crippen molar-refractivity contribution in [3.05, 3.63) is 59.7 Å². The molecule has 0 heterocycles. The van der Waals surface area contributed by atoms with E-state index in [2.05, 4.69) is 17.4 Å². The molecule has 1 atom stereocenters. The molecule has 0 spiro atoms. The molecular weight excluding hydrogens is 345 g/mol. The van der Waals surface area contributed by atoms with E-state index in [0.29, 0.717) is 0 Å². The van der Waals surface area contributed by atoms with Crippen molar-refractivity contribution in [1.29, 1.82) is 0 Å². The Balaban J connectivity index is 0.00000261. The Bertz CT molecular complexity index is 773. The highest BCUT2D eigenvalue weighted by atomic mass is 19.1. The second-order valence-corrected chi connectivity index (χ2v) is 6.96. The van der Waals surface area contributed by atoms with Crippen molar-refractivity contribution >= 4 is 12.1 Å². The van der Waals surface area contributed by atoms with E-state index >= 15 is 0 Å². The van der Waals surface area contributed by atoms with Crippen LogP contribution in [0.2, 0.25) is 0 Å². The first-order valence-electron chi connectivity index (χ1n) is 8.78. The van der Waals surface area contributed by atoms with E-state index in [-0.39, 0.29) is 32.3 Å². The fraction of sp³-hybridized carbons (Fsp3) is 0.364. The van der Waals surface area contributed by atoms with Gasteiger partial charge in [0.1, 0.15) is 12.6 Å². The molecule has 3 rings (SSSR count). The van der Waals surface area contributed by atoms with Crippen LogP contribution in [0.4, 0.5) is 9.18 Å². The highest BCUT2D eigenvalue weighted by Gasteiger charge is 2.29. The van der Waals surface area contributed by atoms with Gasteiger partial charge in [-0.05, 0) is 34.6 Å². The number of fused-ring (bicyclic) bond motifs is 3. The van der Waals surface area contributed by atoms with Gasteiger partial charge in [0.2, 0.25) is 0 Å². The number of ether oxygens (including phenoxy) is 1. The smallest absolute Gasteiger partial charge is 0.407 e. The minimum absolute atomic E-state index is 0. The molecule has 0 radical (unpaired) electrons. The van der Waals surface area contributed by atoms with E-state index in [1.165, 1.54) is 0 Å². The van der Waals surface area contributed by atoms with Gasteiger partial charge in [0.25, 0.3) is 0 Å². The third-order valence-corrected chi connectivity index (χ3v) is 4.62. The molecule has 1 N–H and O–H groups in total. The molecule has 1 aliphatic rings. The lowest BCUT2D eigenvalue weighted by Gasteiger charge is -2.18. The van der Waals surface area contributed by atoms with Gasteiger partial charge in [0, 0.05) is 5.92 Å². The molecule has 27 heavy (non-hydrogen) atoms. The first-order valence-corrected chi connectivity index (χ1v) is 8.78. The minimum atomic E-state index is -1.55. The van der Waals surface area contributed by atoms with E-state index in [4.69, 9.17) is 4.74 Å². The summed E-state index contributed by atoms with van der Waals surface area (Å²) in [5.41, 5.74) is 4.46. The number of hydrogen-bond donors (Lipinski definition) is 1. The van der Waals surface area contributed by atoms with Crippen molar-refractivity contribution in [2.75, 3.05) is 6.61 Å². The fourth-order valence-electron chi connectivity index (χ4n) is 3.46. The molecular formula is C22H26FNO3. The fourth-order valence-corrected chi connectivity index (χ4v) is 3.46. The first kappa shape index (κ1) is 20.6. The van der Waals surface area contributed by atoms with Crippen LogP contribution in [0.25, 0.3) is 11.1 Å². The summed E-state index contributed by atoms with van der Waals surface area (Å²) in [4.78, 5) is 23.1. The SMILES string of the molecule is C.CC(C)C[C@H](NC(=O)OCC1c2ccccc2-c2ccccc21)C(=O)F. The van der Waals surface area contributed by atoms with Gasteiger partial charge in [-0.25, -0.2) is 4.79 Å². The second kappa shape index (κ2) is 8.80. The summed E-state index contributed by atoms with van der Waals surface area (Å²) >= 11 is 0. The summed E-state index contributed by atoms with van der Waals surface area (Å²) in [6.45, 7) is 3.85. The topological polar surface area (TPSA) is 55.4 Å². The van der Waals surface area contributed by atoms with Crippen molar-refractivity contribution in [1.82, 2.24) is 5.32 Å². The lowest BCUT2D eigenvalue weighted by Crippen LogP contribution is -2.40. The van der Waals surface area contributed by atoms with Crippen LogP contribution in [-0.2, 0) is 9.53 Å². The zero-order valence-corrected chi connectivity index (χ0v) is 14.9. The summed E-state index contributed by atoms with van der Waals surface area (Å²) in [5.74, 6) is 0.00589. The monoisotopic (exact) mass is 371 g/mol. The first-order chi connectivity index (χ1) is 12.5. The maximum Gasteiger partial charge on any atom is 0.407 e. The highest BCUT2D eigenvalue weighted by Crippen LogP contribution is 2.44. The standard InChI is InChI=1S/C21H22FNO3.CH4/c1-13(2)11-19(20(22)24)23-21(25)26-12-18-16-9-5-3-7-14(16)15-8-4-6-10-17(15)18;/h3-10,13,18-19H,11-12H2,1-2H3,(H,23,25);1H4/t19-;/m0./s1. The Morgan fingerprint density at radius 2 is 1.56 bits per heavy atom. The molecule has 4 nitrogen and oxygen atoms in total. The predicted molar refractivity (Wildman–Crippen MR) is 104 cm³/mol. The van der Waals surface area contributed by atoms with Crippen molar-refractivity contribution in [2.24, 2.45) is 5.92 Å². The zero-order chi connectivity index (χ0) is 18.7. The maximum absolute atomic E-state index is 13.1. The summed E-state index contributed by atoms with van der Waals surface area (Å²) < 4.78 is 18.4. The normalized spacial score (nSPS) is 13.3. The van der Waals surface area contributed by atoms with Gasteiger partial charge in [-0.1, -0.05) is 69.8 Å². The molecule has 5 heteroatoms. The molecule has 1 aliphatic carbocycles. The van der Waals surface area contributed by atoms with Gasteiger partial charge in [0.05, 0.1) is 0 Å². The largest absolute Gasteiger partial charge is 0.449 e. The molecule has 0 aliphatic heterocycles. The van der Waals surface area contributed by atoms with Gasteiger partial charge >= 0.3 is 12.1 Å². The Morgan fingerprint density at radius 3 is 2.04 bits per heavy atom. The average molecular weight is 371 g/mol. The molecule has 0 aromatic heterocycles. The molecule has 1 amide bonds. The Labute approximate surface area is 159 Å². The van der Waals surface area contributed by atoms with Crippen LogP contribution in [0, 0.1) is 5.92 Å². The number of carbonyl (C=O) groups excluding carboxylic acids is 2. The van der Waals surface area contributed by atoms with Crippen LogP contribution >= 0.6 is 0 Å². The van der Waals surface area contributed by atoms with E-state index in [1.807, 2.05) is 50.2 Å². The quantitative estimate of drug-likeness (QED) is 0.721. The summed E-state index contributed by atoms with van der Waals surface area (Å²) in [6.07, 6.45) is -0.539. The number of amides is 1. The molecule has 0 saturated carbocycles. The molecule has 0 saturated heterocycles. The third kappa shape index (κ3) is 4.54. The average Bonchev–Trinajstić information content (AvgIpc) is 2.93. The van der Waals surface area contributed by atoms with Crippen LogP contribution in [0.3, 0.4) is 0 Å². The van der Waals surface area contributed by atoms with Crippen LogP contribution in [-0.4, -0.2) is 24.8 Å². The van der Waals surface area contributed by atoms with Gasteiger partial charge < -0.3 is 10.1 Å². The Morgan fingerprint density at radius 1 is 1.04 bits per heavy atom.